The van der Waals surface area contributed by atoms with Gasteiger partial charge in [0, 0.05) is 11.9 Å². The molecule has 80 valence electrons. The molecular weight excluding hydrogens is 192 g/mol. The van der Waals surface area contributed by atoms with Crippen LogP contribution in [0.25, 0.3) is 0 Å². The number of aryl methyl sites for hydroxylation is 1. The van der Waals surface area contributed by atoms with Gasteiger partial charge in [-0.15, -0.1) is 11.3 Å². The largest absolute Gasteiger partial charge is 0.361 e. The van der Waals surface area contributed by atoms with Gasteiger partial charge in [0.25, 0.3) is 0 Å². The van der Waals surface area contributed by atoms with Crippen molar-refractivity contribution in [3.05, 3.63) is 11.1 Å². The molecule has 1 N–H and O–H groups in total. The topological polar surface area (TPSA) is 24.9 Å². The molecular formula is C11H20N2S. The van der Waals surface area contributed by atoms with Gasteiger partial charge in [0.2, 0.25) is 0 Å². The highest BCUT2D eigenvalue weighted by Crippen LogP contribution is 2.26. The molecule has 0 aliphatic carbocycles. The lowest BCUT2D eigenvalue weighted by Gasteiger charge is -2.27. The number of hydrogen-bond acceptors (Lipinski definition) is 3. The summed E-state index contributed by atoms with van der Waals surface area (Å²) in [7, 11) is 0. The van der Waals surface area contributed by atoms with Gasteiger partial charge < -0.3 is 5.32 Å². The predicted molar refractivity (Wildman–Crippen MR) is 64.0 cm³/mol. The van der Waals surface area contributed by atoms with Gasteiger partial charge in [-0.05, 0) is 18.3 Å². The molecule has 1 unspecified atom stereocenters. The number of aromatic nitrogens is 1. The Bertz CT molecular complexity index is 286. The maximum absolute atomic E-state index is 4.37. The smallest absolute Gasteiger partial charge is 0.182 e. The van der Waals surface area contributed by atoms with Crippen LogP contribution in [0.5, 0.6) is 0 Å². The van der Waals surface area contributed by atoms with Crippen molar-refractivity contribution < 1.29 is 0 Å². The van der Waals surface area contributed by atoms with Crippen molar-refractivity contribution in [2.24, 2.45) is 11.3 Å². The average molecular weight is 212 g/mol. The Labute approximate surface area is 90.8 Å². The van der Waals surface area contributed by atoms with E-state index in [2.05, 4.69) is 43.4 Å². The van der Waals surface area contributed by atoms with Crippen LogP contribution in [-0.4, -0.2) is 11.5 Å². The molecule has 0 aliphatic heterocycles. The molecule has 2 nitrogen and oxygen atoms in total. The Hall–Kier alpha value is -0.570. The standard InChI is InChI=1S/C11H20N2S/c1-8(11(3,4)5)6-12-10-13-9(2)7-14-10/h7-8H,6H2,1-5H3,(H,12,13). The van der Waals surface area contributed by atoms with Crippen LogP contribution in [0.3, 0.4) is 0 Å². The molecule has 0 saturated heterocycles. The van der Waals surface area contributed by atoms with E-state index in [-0.39, 0.29) is 0 Å². The summed E-state index contributed by atoms with van der Waals surface area (Å²) in [5.41, 5.74) is 1.46. The van der Waals surface area contributed by atoms with E-state index >= 15 is 0 Å². The molecule has 0 radical (unpaired) electrons. The molecule has 1 aromatic heterocycles. The molecule has 0 aliphatic rings. The molecule has 14 heavy (non-hydrogen) atoms. The zero-order valence-electron chi connectivity index (χ0n) is 9.72. The van der Waals surface area contributed by atoms with E-state index in [1.807, 2.05) is 6.92 Å². The number of rotatable bonds is 3. The quantitative estimate of drug-likeness (QED) is 0.829. The molecule has 0 spiro atoms. The van der Waals surface area contributed by atoms with Crippen LogP contribution in [0, 0.1) is 18.3 Å². The fourth-order valence-electron chi connectivity index (χ4n) is 0.982. The predicted octanol–water partition coefficient (Wildman–Crippen LogP) is 3.55. The third kappa shape index (κ3) is 3.29. The molecule has 1 rings (SSSR count). The average Bonchev–Trinajstić information content (AvgIpc) is 2.45. The lowest BCUT2D eigenvalue weighted by atomic mass is 9.82. The highest BCUT2D eigenvalue weighted by molar-refractivity contribution is 7.13. The molecule has 1 aromatic rings. The van der Waals surface area contributed by atoms with Crippen LogP contribution in [0.15, 0.2) is 5.38 Å². The van der Waals surface area contributed by atoms with Crippen LogP contribution in [0.2, 0.25) is 0 Å². The van der Waals surface area contributed by atoms with Crippen molar-refractivity contribution in [1.29, 1.82) is 0 Å². The molecule has 0 fully saturated rings. The van der Waals surface area contributed by atoms with Crippen LogP contribution in [0.4, 0.5) is 5.13 Å². The first kappa shape index (κ1) is 11.5. The fraction of sp³-hybridized carbons (Fsp3) is 0.727. The van der Waals surface area contributed by atoms with Gasteiger partial charge >= 0.3 is 0 Å². The maximum Gasteiger partial charge on any atom is 0.182 e. The van der Waals surface area contributed by atoms with Gasteiger partial charge in [-0.25, -0.2) is 4.98 Å². The second-order valence-electron chi connectivity index (χ2n) is 4.94. The van der Waals surface area contributed by atoms with Gasteiger partial charge in [-0.1, -0.05) is 27.7 Å². The number of anilines is 1. The van der Waals surface area contributed by atoms with Gasteiger partial charge in [-0.3, -0.25) is 0 Å². The molecule has 1 atom stereocenters. The van der Waals surface area contributed by atoms with Crippen LogP contribution >= 0.6 is 11.3 Å². The van der Waals surface area contributed by atoms with E-state index in [9.17, 15) is 0 Å². The summed E-state index contributed by atoms with van der Waals surface area (Å²) in [6.07, 6.45) is 0. The van der Waals surface area contributed by atoms with Crippen molar-refractivity contribution in [2.45, 2.75) is 34.6 Å². The van der Waals surface area contributed by atoms with Gasteiger partial charge in [-0.2, -0.15) is 0 Å². The van der Waals surface area contributed by atoms with Crippen LogP contribution in [-0.2, 0) is 0 Å². The number of thiazole rings is 1. The Kier molecular flexibility index (Phi) is 3.53. The van der Waals surface area contributed by atoms with Gasteiger partial charge in [0.1, 0.15) is 0 Å². The number of nitrogens with one attached hydrogen (secondary N) is 1. The summed E-state index contributed by atoms with van der Waals surface area (Å²) in [6.45, 7) is 12.1. The van der Waals surface area contributed by atoms with Crippen LogP contribution < -0.4 is 5.32 Å². The molecule has 0 aromatic carbocycles. The van der Waals surface area contributed by atoms with Crippen molar-refractivity contribution in [3.63, 3.8) is 0 Å². The second-order valence-corrected chi connectivity index (χ2v) is 5.80. The highest BCUT2D eigenvalue weighted by atomic mass is 32.1. The maximum atomic E-state index is 4.37. The van der Waals surface area contributed by atoms with E-state index in [0.717, 1.165) is 17.4 Å². The summed E-state index contributed by atoms with van der Waals surface area (Å²) < 4.78 is 0. The normalized spacial score (nSPS) is 14.1. The minimum atomic E-state index is 0.360. The van der Waals surface area contributed by atoms with Gasteiger partial charge in [0.05, 0.1) is 5.69 Å². The minimum absolute atomic E-state index is 0.360. The van der Waals surface area contributed by atoms with Crippen molar-refractivity contribution in [1.82, 2.24) is 4.98 Å². The third-order valence-electron chi connectivity index (χ3n) is 2.66. The summed E-state index contributed by atoms with van der Waals surface area (Å²) in [6, 6.07) is 0. The van der Waals surface area contributed by atoms with Crippen molar-refractivity contribution >= 4 is 16.5 Å². The lowest BCUT2D eigenvalue weighted by molar-refractivity contribution is 0.274. The zero-order chi connectivity index (χ0) is 10.8. The minimum Gasteiger partial charge on any atom is -0.361 e. The van der Waals surface area contributed by atoms with Crippen molar-refractivity contribution in [2.75, 3.05) is 11.9 Å². The monoisotopic (exact) mass is 212 g/mol. The van der Waals surface area contributed by atoms with E-state index < -0.39 is 0 Å². The first-order chi connectivity index (χ1) is 6.39. The van der Waals surface area contributed by atoms with E-state index in [0.29, 0.717) is 11.3 Å². The first-order valence-electron chi connectivity index (χ1n) is 5.05. The Morgan fingerprint density at radius 1 is 1.50 bits per heavy atom. The lowest BCUT2D eigenvalue weighted by Crippen LogP contribution is -2.24. The van der Waals surface area contributed by atoms with Gasteiger partial charge in [0.15, 0.2) is 5.13 Å². The third-order valence-corrected chi connectivity index (χ3v) is 3.57. The molecule has 0 saturated carbocycles. The molecule has 3 heteroatoms. The van der Waals surface area contributed by atoms with E-state index in [1.54, 1.807) is 11.3 Å². The fourth-order valence-corrected chi connectivity index (χ4v) is 1.68. The summed E-state index contributed by atoms with van der Waals surface area (Å²) in [4.78, 5) is 4.37. The number of hydrogen-bond donors (Lipinski definition) is 1. The van der Waals surface area contributed by atoms with Crippen LogP contribution in [0.1, 0.15) is 33.4 Å². The first-order valence-corrected chi connectivity index (χ1v) is 5.93. The van der Waals surface area contributed by atoms with E-state index in [4.69, 9.17) is 0 Å². The van der Waals surface area contributed by atoms with E-state index in [1.165, 1.54) is 0 Å². The van der Waals surface area contributed by atoms with Crippen molar-refractivity contribution in [3.8, 4) is 0 Å². The zero-order valence-corrected chi connectivity index (χ0v) is 10.5. The summed E-state index contributed by atoms with van der Waals surface area (Å²) in [5.74, 6) is 0.645. The summed E-state index contributed by atoms with van der Waals surface area (Å²) in [5, 5.41) is 6.49. The molecule has 0 amide bonds. The second kappa shape index (κ2) is 4.30. The Morgan fingerprint density at radius 3 is 2.57 bits per heavy atom. The molecule has 1 heterocycles. The SMILES string of the molecule is Cc1csc(NCC(C)C(C)(C)C)n1. The Balaban J connectivity index is 2.41. The Morgan fingerprint density at radius 2 is 2.14 bits per heavy atom. The summed E-state index contributed by atoms with van der Waals surface area (Å²) >= 11 is 1.68. The number of nitrogens with zero attached hydrogens (tertiary/aromatic N) is 1. The highest BCUT2D eigenvalue weighted by Gasteiger charge is 2.19. The molecule has 0 bridgehead atoms.